The molecule has 2 aliphatic rings. The van der Waals surface area contributed by atoms with Crippen molar-refractivity contribution in [3.8, 4) is 5.75 Å². The van der Waals surface area contributed by atoms with Gasteiger partial charge in [-0.3, -0.25) is 9.59 Å². The molecule has 3 unspecified atom stereocenters. The zero-order valence-corrected chi connectivity index (χ0v) is 16.4. The molecule has 6 nitrogen and oxygen atoms in total. The van der Waals surface area contributed by atoms with Crippen molar-refractivity contribution in [3.63, 3.8) is 0 Å². The highest BCUT2D eigenvalue weighted by Crippen LogP contribution is 2.37. The first-order valence-electron chi connectivity index (χ1n) is 8.93. The van der Waals surface area contributed by atoms with Crippen LogP contribution in [0.4, 0.5) is 0 Å². The number of piperidine rings is 1. The van der Waals surface area contributed by atoms with Gasteiger partial charge in [0.05, 0.1) is 19.1 Å². The minimum absolute atomic E-state index is 0. The fourth-order valence-corrected chi connectivity index (χ4v) is 3.92. The van der Waals surface area contributed by atoms with Crippen molar-refractivity contribution in [1.82, 2.24) is 15.1 Å². The number of hydrogen-bond acceptors (Lipinski definition) is 4. The lowest BCUT2D eigenvalue weighted by Gasteiger charge is -2.42. The maximum Gasteiger partial charge on any atom is 0.228 e. The Balaban J connectivity index is 0.00000243. The SMILES string of the molecule is COc1ccc(C2C(C(=O)N3CCNC(C)C3)CCC(=O)N2C)cc1.Cl. The average molecular weight is 382 g/mol. The Morgan fingerprint density at radius 1 is 1.27 bits per heavy atom. The number of methoxy groups -OCH3 is 1. The van der Waals surface area contributed by atoms with E-state index in [-0.39, 0.29) is 36.2 Å². The molecule has 2 amide bonds. The van der Waals surface area contributed by atoms with Crippen molar-refractivity contribution >= 4 is 24.2 Å². The summed E-state index contributed by atoms with van der Waals surface area (Å²) in [6.07, 6.45) is 1.04. The summed E-state index contributed by atoms with van der Waals surface area (Å²) in [4.78, 5) is 29.1. The second kappa shape index (κ2) is 8.73. The molecular weight excluding hydrogens is 354 g/mol. The van der Waals surface area contributed by atoms with E-state index in [0.29, 0.717) is 18.9 Å². The highest BCUT2D eigenvalue weighted by atomic mass is 35.5. The number of ether oxygens (including phenoxy) is 1. The van der Waals surface area contributed by atoms with Crippen LogP contribution in [0.2, 0.25) is 0 Å². The fourth-order valence-electron chi connectivity index (χ4n) is 3.92. The number of halogens is 1. The van der Waals surface area contributed by atoms with Crippen molar-refractivity contribution in [3.05, 3.63) is 29.8 Å². The van der Waals surface area contributed by atoms with Gasteiger partial charge >= 0.3 is 0 Å². The Hall–Kier alpha value is -1.79. The highest BCUT2D eigenvalue weighted by molar-refractivity contribution is 5.85. The summed E-state index contributed by atoms with van der Waals surface area (Å²) in [6, 6.07) is 7.77. The molecule has 1 N–H and O–H groups in total. The highest BCUT2D eigenvalue weighted by Gasteiger charge is 2.41. The van der Waals surface area contributed by atoms with E-state index in [4.69, 9.17) is 4.74 Å². The topological polar surface area (TPSA) is 61.9 Å². The van der Waals surface area contributed by atoms with Gasteiger partial charge in [-0.2, -0.15) is 0 Å². The maximum absolute atomic E-state index is 13.2. The largest absolute Gasteiger partial charge is 0.497 e. The second-order valence-electron chi connectivity index (χ2n) is 7.01. The van der Waals surface area contributed by atoms with E-state index >= 15 is 0 Å². The van der Waals surface area contributed by atoms with Crippen LogP contribution in [0.15, 0.2) is 24.3 Å². The van der Waals surface area contributed by atoms with Crippen LogP contribution in [-0.2, 0) is 9.59 Å². The lowest BCUT2D eigenvalue weighted by atomic mass is 9.83. The quantitative estimate of drug-likeness (QED) is 0.868. The molecule has 7 heteroatoms. The number of nitrogens with one attached hydrogen (secondary N) is 1. The summed E-state index contributed by atoms with van der Waals surface area (Å²) < 4.78 is 5.22. The van der Waals surface area contributed by atoms with Crippen LogP contribution in [0.5, 0.6) is 5.75 Å². The minimum atomic E-state index is -0.218. The molecule has 2 fully saturated rings. The number of rotatable bonds is 3. The molecular formula is C19H28ClN3O3. The van der Waals surface area contributed by atoms with E-state index < -0.39 is 0 Å². The van der Waals surface area contributed by atoms with Gasteiger partial charge < -0.3 is 19.9 Å². The lowest BCUT2D eigenvalue weighted by Crippen LogP contribution is -2.55. The van der Waals surface area contributed by atoms with Crippen molar-refractivity contribution in [2.24, 2.45) is 5.92 Å². The molecule has 3 rings (SSSR count). The Kier molecular flexibility index (Phi) is 6.89. The number of amides is 2. The summed E-state index contributed by atoms with van der Waals surface area (Å²) in [7, 11) is 3.43. The smallest absolute Gasteiger partial charge is 0.228 e. The van der Waals surface area contributed by atoms with E-state index in [1.54, 1.807) is 19.1 Å². The summed E-state index contributed by atoms with van der Waals surface area (Å²) in [5.41, 5.74) is 0.984. The molecule has 0 saturated carbocycles. The van der Waals surface area contributed by atoms with Crippen molar-refractivity contribution in [1.29, 1.82) is 0 Å². The number of carbonyl (C=O) groups is 2. The molecule has 26 heavy (non-hydrogen) atoms. The molecule has 1 aromatic carbocycles. The van der Waals surface area contributed by atoms with Crippen LogP contribution in [0, 0.1) is 5.92 Å². The predicted molar refractivity (Wildman–Crippen MR) is 103 cm³/mol. The normalized spacial score (nSPS) is 26.3. The molecule has 0 bridgehead atoms. The van der Waals surface area contributed by atoms with Crippen molar-refractivity contribution in [2.75, 3.05) is 33.8 Å². The van der Waals surface area contributed by atoms with Gasteiger partial charge in [0.25, 0.3) is 0 Å². The number of nitrogens with zero attached hydrogens (tertiary/aromatic N) is 2. The van der Waals surface area contributed by atoms with Crippen LogP contribution in [-0.4, -0.2) is 61.4 Å². The zero-order valence-electron chi connectivity index (χ0n) is 15.6. The Morgan fingerprint density at radius 3 is 2.58 bits per heavy atom. The maximum atomic E-state index is 13.2. The zero-order chi connectivity index (χ0) is 18.0. The predicted octanol–water partition coefficient (Wildman–Crippen LogP) is 1.85. The van der Waals surface area contributed by atoms with Crippen LogP contribution in [0.25, 0.3) is 0 Å². The lowest BCUT2D eigenvalue weighted by molar-refractivity contribution is -0.147. The fraction of sp³-hybridized carbons (Fsp3) is 0.579. The minimum Gasteiger partial charge on any atom is -0.497 e. The summed E-state index contributed by atoms with van der Waals surface area (Å²) in [5.74, 6) is 0.834. The molecule has 1 aromatic rings. The molecule has 0 aromatic heterocycles. The van der Waals surface area contributed by atoms with Gasteiger partial charge in [-0.25, -0.2) is 0 Å². The van der Waals surface area contributed by atoms with Crippen LogP contribution in [0.1, 0.15) is 31.4 Å². The van der Waals surface area contributed by atoms with Crippen molar-refractivity contribution in [2.45, 2.75) is 31.8 Å². The molecule has 3 atom stereocenters. The van der Waals surface area contributed by atoms with E-state index in [2.05, 4.69) is 12.2 Å². The number of carbonyl (C=O) groups excluding carboxylic acids is 2. The van der Waals surface area contributed by atoms with Crippen LogP contribution in [0.3, 0.4) is 0 Å². The first-order valence-corrected chi connectivity index (χ1v) is 8.93. The third-order valence-electron chi connectivity index (χ3n) is 5.32. The third-order valence-corrected chi connectivity index (χ3v) is 5.32. The molecule has 2 saturated heterocycles. The van der Waals surface area contributed by atoms with E-state index in [0.717, 1.165) is 30.9 Å². The van der Waals surface area contributed by atoms with Gasteiger partial charge in [0, 0.05) is 39.1 Å². The number of piperazine rings is 1. The van der Waals surface area contributed by atoms with Gasteiger partial charge in [0.1, 0.15) is 5.75 Å². The van der Waals surface area contributed by atoms with Gasteiger partial charge in [0.15, 0.2) is 0 Å². The van der Waals surface area contributed by atoms with Gasteiger partial charge in [-0.05, 0) is 31.0 Å². The summed E-state index contributed by atoms with van der Waals surface area (Å²) in [6.45, 7) is 4.37. The molecule has 0 spiro atoms. The first kappa shape index (κ1) is 20.5. The van der Waals surface area contributed by atoms with Crippen LogP contribution < -0.4 is 10.1 Å². The van der Waals surface area contributed by atoms with E-state index in [9.17, 15) is 9.59 Å². The molecule has 144 valence electrons. The van der Waals surface area contributed by atoms with Crippen LogP contribution >= 0.6 is 12.4 Å². The summed E-state index contributed by atoms with van der Waals surface area (Å²) in [5, 5.41) is 3.37. The Morgan fingerprint density at radius 2 is 1.96 bits per heavy atom. The second-order valence-corrected chi connectivity index (χ2v) is 7.01. The number of benzene rings is 1. The Bertz CT molecular complexity index is 637. The standard InChI is InChI=1S/C19H27N3O3.ClH/c1-13-12-22(11-10-20-13)19(24)16-8-9-17(23)21(2)18(16)14-4-6-15(25-3)7-5-14;/h4-7,13,16,18,20H,8-12H2,1-3H3;1H. The molecule has 0 aliphatic carbocycles. The number of hydrogen-bond donors (Lipinski definition) is 1. The average Bonchev–Trinajstić information content (AvgIpc) is 2.63. The van der Waals surface area contributed by atoms with Gasteiger partial charge in [-0.15, -0.1) is 12.4 Å². The first-order chi connectivity index (χ1) is 12.0. The number of likely N-dealkylation sites (tertiary alicyclic amines) is 1. The molecule has 2 aliphatic heterocycles. The van der Waals surface area contributed by atoms with E-state index in [1.165, 1.54) is 0 Å². The monoisotopic (exact) mass is 381 g/mol. The van der Waals surface area contributed by atoms with E-state index in [1.807, 2.05) is 29.2 Å². The molecule has 2 heterocycles. The van der Waals surface area contributed by atoms with Gasteiger partial charge in [-0.1, -0.05) is 12.1 Å². The van der Waals surface area contributed by atoms with Crippen molar-refractivity contribution < 1.29 is 14.3 Å². The summed E-state index contributed by atoms with van der Waals surface area (Å²) >= 11 is 0. The Labute approximate surface area is 161 Å². The third kappa shape index (κ3) is 4.13. The molecule has 0 radical (unpaired) electrons. The van der Waals surface area contributed by atoms with Gasteiger partial charge in [0.2, 0.25) is 11.8 Å².